The topological polar surface area (TPSA) is 50.1 Å². The standard InChI is InChI=1S/C14H25N3OS/c1-3-14(11-18,16-12-5-6-12)7-4-10-19-13-15-8-9-17(13)2/h8-9,12,16,18H,3-7,10-11H2,1-2H3. The number of hydrogen-bond acceptors (Lipinski definition) is 4. The lowest BCUT2D eigenvalue weighted by molar-refractivity contribution is 0.144. The van der Waals surface area contributed by atoms with Crippen LogP contribution in [0.2, 0.25) is 0 Å². The van der Waals surface area contributed by atoms with E-state index in [4.69, 9.17) is 0 Å². The summed E-state index contributed by atoms with van der Waals surface area (Å²) >= 11 is 1.79. The number of imidazole rings is 1. The third kappa shape index (κ3) is 4.23. The van der Waals surface area contributed by atoms with Crippen molar-refractivity contribution in [1.29, 1.82) is 0 Å². The second-order valence-electron chi connectivity index (χ2n) is 5.48. The van der Waals surface area contributed by atoms with Gasteiger partial charge in [0.2, 0.25) is 0 Å². The number of aliphatic hydroxyl groups excluding tert-OH is 1. The SMILES string of the molecule is CCC(CO)(CCCSc1nccn1C)NC1CC1. The average molecular weight is 283 g/mol. The molecule has 1 unspecified atom stereocenters. The monoisotopic (exact) mass is 283 g/mol. The molecule has 0 aromatic carbocycles. The summed E-state index contributed by atoms with van der Waals surface area (Å²) in [7, 11) is 2.02. The molecule has 1 aromatic heterocycles. The van der Waals surface area contributed by atoms with E-state index < -0.39 is 0 Å². The van der Waals surface area contributed by atoms with Crippen LogP contribution in [0, 0.1) is 0 Å². The summed E-state index contributed by atoms with van der Waals surface area (Å²) < 4.78 is 2.05. The molecular formula is C14H25N3OS. The molecule has 0 aliphatic heterocycles. The Morgan fingerprint density at radius 3 is 2.89 bits per heavy atom. The van der Waals surface area contributed by atoms with Gasteiger partial charge in [-0.25, -0.2) is 4.98 Å². The lowest BCUT2D eigenvalue weighted by atomic mass is 9.91. The van der Waals surface area contributed by atoms with Gasteiger partial charge in [0.25, 0.3) is 0 Å². The molecule has 108 valence electrons. The minimum absolute atomic E-state index is 0.0661. The Labute approximate surface area is 120 Å². The van der Waals surface area contributed by atoms with E-state index in [2.05, 4.69) is 17.2 Å². The molecule has 1 aromatic rings. The smallest absolute Gasteiger partial charge is 0.167 e. The Balaban J connectivity index is 1.74. The Kier molecular flexibility index (Phi) is 5.30. The van der Waals surface area contributed by atoms with Crippen LogP contribution in [0.1, 0.15) is 39.0 Å². The van der Waals surface area contributed by atoms with Crippen molar-refractivity contribution in [3.63, 3.8) is 0 Å². The number of nitrogens with one attached hydrogen (secondary N) is 1. The van der Waals surface area contributed by atoms with Crippen LogP contribution in [-0.2, 0) is 7.05 Å². The fourth-order valence-electron chi connectivity index (χ4n) is 2.31. The van der Waals surface area contributed by atoms with Crippen LogP contribution in [-0.4, -0.2) is 38.6 Å². The first-order valence-corrected chi connectivity index (χ1v) is 8.16. The maximum atomic E-state index is 9.69. The van der Waals surface area contributed by atoms with Crippen molar-refractivity contribution in [2.75, 3.05) is 12.4 Å². The average Bonchev–Trinajstić information content (AvgIpc) is 3.15. The van der Waals surface area contributed by atoms with Crippen molar-refractivity contribution >= 4 is 11.8 Å². The fraction of sp³-hybridized carbons (Fsp3) is 0.786. The fourth-order valence-corrected chi connectivity index (χ4v) is 3.18. The van der Waals surface area contributed by atoms with E-state index in [9.17, 15) is 5.11 Å². The van der Waals surface area contributed by atoms with Crippen molar-refractivity contribution in [3.8, 4) is 0 Å². The Morgan fingerprint density at radius 2 is 2.37 bits per heavy atom. The van der Waals surface area contributed by atoms with Crippen molar-refractivity contribution in [2.45, 2.75) is 55.8 Å². The van der Waals surface area contributed by atoms with Gasteiger partial charge in [0.1, 0.15) is 0 Å². The van der Waals surface area contributed by atoms with Gasteiger partial charge in [-0.15, -0.1) is 0 Å². The molecule has 0 saturated heterocycles. The summed E-state index contributed by atoms with van der Waals surface area (Å²) in [5.41, 5.74) is -0.0661. The molecule has 0 bridgehead atoms. The molecule has 1 aliphatic carbocycles. The molecule has 19 heavy (non-hydrogen) atoms. The summed E-state index contributed by atoms with van der Waals surface area (Å²) in [6.45, 7) is 2.41. The van der Waals surface area contributed by atoms with Crippen molar-refractivity contribution in [1.82, 2.24) is 14.9 Å². The third-order valence-corrected chi connectivity index (χ3v) is 5.02. The van der Waals surface area contributed by atoms with Crippen LogP contribution < -0.4 is 5.32 Å². The zero-order chi connectivity index (χ0) is 13.7. The molecule has 0 amide bonds. The largest absolute Gasteiger partial charge is 0.394 e. The van der Waals surface area contributed by atoms with Crippen LogP contribution in [0.15, 0.2) is 17.6 Å². The highest BCUT2D eigenvalue weighted by atomic mass is 32.2. The van der Waals surface area contributed by atoms with E-state index in [1.165, 1.54) is 12.8 Å². The van der Waals surface area contributed by atoms with Gasteiger partial charge in [0, 0.05) is 36.8 Å². The number of nitrogens with zero attached hydrogens (tertiary/aromatic N) is 2. The highest BCUT2D eigenvalue weighted by molar-refractivity contribution is 7.99. The summed E-state index contributed by atoms with van der Waals surface area (Å²) in [5.74, 6) is 1.05. The van der Waals surface area contributed by atoms with Gasteiger partial charge in [0.05, 0.1) is 6.61 Å². The summed E-state index contributed by atoms with van der Waals surface area (Å²) in [5, 5.41) is 14.4. The molecule has 1 atom stereocenters. The Hall–Kier alpha value is -0.520. The minimum Gasteiger partial charge on any atom is -0.394 e. The number of rotatable bonds is 9. The van der Waals surface area contributed by atoms with E-state index in [0.717, 1.165) is 30.2 Å². The number of thioether (sulfide) groups is 1. The number of aryl methyl sites for hydroxylation is 1. The highest BCUT2D eigenvalue weighted by Crippen LogP contribution is 2.27. The van der Waals surface area contributed by atoms with Crippen LogP contribution in [0.25, 0.3) is 0 Å². The Morgan fingerprint density at radius 1 is 1.58 bits per heavy atom. The molecule has 1 aliphatic rings. The van der Waals surface area contributed by atoms with Crippen molar-refractivity contribution < 1.29 is 5.11 Å². The predicted molar refractivity (Wildman–Crippen MR) is 79.4 cm³/mol. The second kappa shape index (κ2) is 6.77. The van der Waals surface area contributed by atoms with Gasteiger partial charge >= 0.3 is 0 Å². The maximum Gasteiger partial charge on any atom is 0.167 e. The zero-order valence-corrected chi connectivity index (χ0v) is 12.7. The molecule has 0 radical (unpaired) electrons. The van der Waals surface area contributed by atoms with Gasteiger partial charge in [-0.3, -0.25) is 0 Å². The van der Waals surface area contributed by atoms with Gasteiger partial charge in [-0.2, -0.15) is 0 Å². The molecule has 2 rings (SSSR count). The van der Waals surface area contributed by atoms with Crippen LogP contribution >= 0.6 is 11.8 Å². The van der Waals surface area contributed by atoms with Crippen molar-refractivity contribution in [3.05, 3.63) is 12.4 Å². The summed E-state index contributed by atoms with van der Waals surface area (Å²) in [6.07, 6.45) is 9.47. The molecule has 1 fully saturated rings. The normalized spacial score (nSPS) is 18.5. The highest BCUT2D eigenvalue weighted by Gasteiger charge is 2.33. The first-order chi connectivity index (χ1) is 9.19. The quantitative estimate of drug-likeness (QED) is 0.539. The molecule has 1 heterocycles. The second-order valence-corrected chi connectivity index (χ2v) is 6.55. The number of aliphatic hydroxyl groups is 1. The molecule has 2 N–H and O–H groups in total. The number of hydrogen-bond donors (Lipinski definition) is 2. The molecule has 5 heteroatoms. The maximum absolute atomic E-state index is 9.69. The van der Waals surface area contributed by atoms with E-state index in [0.29, 0.717) is 6.04 Å². The van der Waals surface area contributed by atoms with E-state index in [-0.39, 0.29) is 12.1 Å². The molecule has 4 nitrogen and oxygen atoms in total. The van der Waals surface area contributed by atoms with Crippen LogP contribution in [0.4, 0.5) is 0 Å². The predicted octanol–water partition coefficient (Wildman–Crippen LogP) is 2.19. The van der Waals surface area contributed by atoms with E-state index in [1.54, 1.807) is 11.8 Å². The third-order valence-electron chi connectivity index (χ3n) is 3.87. The molecule has 1 saturated carbocycles. The Bertz CT molecular complexity index is 386. The van der Waals surface area contributed by atoms with E-state index >= 15 is 0 Å². The molecule has 0 spiro atoms. The summed E-state index contributed by atoms with van der Waals surface area (Å²) in [6, 6.07) is 0.647. The molecular weight excluding hydrogens is 258 g/mol. The lowest BCUT2D eigenvalue weighted by Crippen LogP contribution is -2.49. The van der Waals surface area contributed by atoms with Crippen LogP contribution in [0.3, 0.4) is 0 Å². The van der Waals surface area contributed by atoms with Crippen molar-refractivity contribution in [2.24, 2.45) is 7.05 Å². The van der Waals surface area contributed by atoms with Gasteiger partial charge in [-0.05, 0) is 32.1 Å². The van der Waals surface area contributed by atoms with E-state index in [1.807, 2.05) is 24.0 Å². The number of aromatic nitrogens is 2. The zero-order valence-electron chi connectivity index (χ0n) is 11.9. The first kappa shape index (κ1) is 14.9. The van der Waals surface area contributed by atoms with Gasteiger partial charge in [0.15, 0.2) is 5.16 Å². The van der Waals surface area contributed by atoms with Gasteiger partial charge < -0.3 is 15.0 Å². The minimum atomic E-state index is -0.0661. The van der Waals surface area contributed by atoms with Crippen LogP contribution in [0.5, 0.6) is 0 Å². The first-order valence-electron chi connectivity index (χ1n) is 7.18. The lowest BCUT2D eigenvalue weighted by Gasteiger charge is -2.32. The van der Waals surface area contributed by atoms with Gasteiger partial charge in [-0.1, -0.05) is 18.7 Å². The summed E-state index contributed by atoms with van der Waals surface area (Å²) in [4.78, 5) is 4.31.